The number of anilines is 1. The second-order valence-electron chi connectivity index (χ2n) is 5.88. The molecule has 4 nitrogen and oxygen atoms in total. The van der Waals surface area contributed by atoms with Gasteiger partial charge < -0.3 is 10.2 Å². The molecule has 0 spiro atoms. The highest BCUT2D eigenvalue weighted by Crippen LogP contribution is 2.30. The van der Waals surface area contributed by atoms with Gasteiger partial charge in [-0.2, -0.15) is 0 Å². The minimum absolute atomic E-state index is 0.0401. The number of rotatable bonds is 3. The number of nitrogens with one attached hydrogen (secondary N) is 1. The molecule has 0 saturated carbocycles. The van der Waals surface area contributed by atoms with E-state index in [4.69, 9.17) is 11.6 Å². The lowest BCUT2D eigenvalue weighted by atomic mass is 9.97. The van der Waals surface area contributed by atoms with Crippen LogP contribution in [0.25, 0.3) is 10.9 Å². The zero-order chi connectivity index (χ0) is 15.5. The molecule has 0 unspecified atom stereocenters. The van der Waals surface area contributed by atoms with Crippen molar-refractivity contribution in [2.75, 3.05) is 24.5 Å². The third-order valence-corrected chi connectivity index (χ3v) is 4.42. The van der Waals surface area contributed by atoms with Crippen LogP contribution >= 0.6 is 11.6 Å². The van der Waals surface area contributed by atoms with Gasteiger partial charge >= 0.3 is 0 Å². The Balaban J connectivity index is 1.84. The molecule has 1 aliphatic heterocycles. The number of fused-ring (bicyclic) bond motifs is 1. The average Bonchev–Trinajstić information content (AvgIpc) is 2.52. The van der Waals surface area contributed by atoms with Crippen LogP contribution in [0.5, 0.6) is 0 Å². The second-order valence-corrected chi connectivity index (χ2v) is 6.32. The van der Waals surface area contributed by atoms with Gasteiger partial charge in [0.2, 0.25) is 5.91 Å². The van der Waals surface area contributed by atoms with Crippen LogP contribution in [0.2, 0.25) is 5.02 Å². The van der Waals surface area contributed by atoms with Gasteiger partial charge in [0.05, 0.1) is 5.52 Å². The fraction of sp³-hybridized carbons (Fsp3) is 0.412. The van der Waals surface area contributed by atoms with Crippen LogP contribution in [0, 0.1) is 5.92 Å². The van der Waals surface area contributed by atoms with Crippen molar-refractivity contribution in [1.82, 2.24) is 10.3 Å². The van der Waals surface area contributed by atoms with Crippen molar-refractivity contribution in [2.24, 2.45) is 5.92 Å². The smallest absolute Gasteiger partial charge is 0.216 e. The number of nitrogens with zero attached hydrogens (tertiary/aromatic N) is 2. The number of piperidine rings is 1. The SMILES string of the molecule is CC(=O)NC[C@@H]1CCCN(c2ccnc3ccc(Cl)cc23)C1. The summed E-state index contributed by atoms with van der Waals surface area (Å²) in [7, 11) is 0. The largest absolute Gasteiger partial charge is 0.371 e. The maximum atomic E-state index is 11.1. The Bertz CT molecular complexity index is 689. The van der Waals surface area contributed by atoms with Gasteiger partial charge in [-0.3, -0.25) is 9.78 Å². The molecule has 0 bridgehead atoms. The van der Waals surface area contributed by atoms with Crippen molar-refractivity contribution in [3.8, 4) is 0 Å². The number of hydrogen-bond donors (Lipinski definition) is 1. The van der Waals surface area contributed by atoms with Crippen molar-refractivity contribution >= 4 is 34.1 Å². The molecule has 1 saturated heterocycles. The highest BCUT2D eigenvalue weighted by molar-refractivity contribution is 6.31. The third kappa shape index (κ3) is 3.33. The fourth-order valence-corrected chi connectivity index (χ4v) is 3.29. The summed E-state index contributed by atoms with van der Waals surface area (Å²) >= 11 is 6.15. The molecule has 1 aromatic carbocycles. The van der Waals surface area contributed by atoms with E-state index in [1.165, 1.54) is 5.69 Å². The Hall–Kier alpha value is -1.81. The minimum Gasteiger partial charge on any atom is -0.371 e. The number of hydrogen-bond acceptors (Lipinski definition) is 3. The normalized spacial score (nSPS) is 18.5. The van der Waals surface area contributed by atoms with Crippen LogP contribution in [0.15, 0.2) is 30.5 Å². The number of aromatic nitrogens is 1. The van der Waals surface area contributed by atoms with Crippen LogP contribution in [-0.4, -0.2) is 30.5 Å². The molecule has 2 heterocycles. The van der Waals surface area contributed by atoms with Crippen LogP contribution in [0.3, 0.4) is 0 Å². The molecule has 1 N–H and O–H groups in total. The molecule has 1 fully saturated rings. The maximum absolute atomic E-state index is 11.1. The highest BCUT2D eigenvalue weighted by Gasteiger charge is 2.21. The third-order valence-electron chi connectivity index (χ3n) is 4.18. The molecule has 1 amide bonds. The topological polar surface area (TPSA) is 45.2 Å². The number of benzene rings is 1. The Morgan fingerprint density at radius 2 is 2.32 bits per heavy atom. The van der Waals surface area contributed by atoms with Gasteiger partial charge in [-0.05, 0) is 43.0 Å². The zero-order valence-electron chi connectivity index (χ0n) is 12.7. The summed E-state index contributed by atoms with van der Waals surface area (Å²) in [6, 6.07) is 7.87. The Morgan fingerprint density at radius 1 is 1.45 bits per heavy atom. The summed E-state index contributed by atoms with van der Waals surface area (Å²) in [4.78, 5) is 17.9. The number of pyridine rings is 1. The molecule has 1 aromatic heterocycles. The first-order valence-corrected chi connectivity index (χ1v) is 8.05. The number of carbonyl (C=O) groups excluding carboxylic acids is 1. The quantitative estimate of drug-likeness (QED) is 0.945. The minimum atomic E-state index is 0.0401. The van der Waals surface area contributed by atoms with E-state index < -0.39 is 0 Å². The number of carbonyl (C=O) groups is 1. The standard InChI is InChI=1S/C17H20ClN3O/c1-12(22)20-10-13-3-2-8-21(11-13)17-6-7-19-16-5-4-14(18)9-15(16)17/h4-7,9,13H,2-3,8,10-11H2,1H3,(H,20,22)/t13-/m0/s1. The van der Waals surface area contributed by atoms with Crippen molar-refractivity contribution in [1.29, 1.82) is 0 Å². The van der Waals surface area contributed by atoms with E-state index in [2.05, 4.69) is 21.3 Å². The summed E-state index contributed by atoms with van der Waals surface area (Å²) in [5.74, 6) is 0.526. The zero-order valence-corrected chi connectivity index (χ0v) is 13.4. The van der Waals surface area contributed by atoms with Crippen molar-refractivity contribution in [3.63, 3.8) is 0 Å². The van der Waals surface area contributed by atoms with Gasteiger partial charge in [0.1, 0.15) is 0 Å². The molecular weight excluding hydrogens is 298 g/mol. The fourth-order valence-electron chi connectivity index (χ4n) is 3.12. The number of halogens is 1. The van der Waals surface area contributed by atoms with Gasteiger partial charge in [-0.25, -0.2) is 0 Å². The molecule has 116 valence electrons. The molecule has 0 aliphatic carbocycles. The van der Waals surface area contributed by atoms with Crippen LogP contribution in [-0.2, 0) is 4.79 Å². The molecular formula is C17H20ClN3O. The van der Waals surface area contributed by atoms with E-state index >= 15 is 0 Å². The van der Waals surface area contributed by atoms with Gasteiger partial charge in [-0.1, -0.05) is 11.6 Å². The summed E-state index contributed by atoms with van der Waals surface area (Å²) in [5.41, 5.74) is 2.14. The predicted octanol–water partition coefficient (Wildman–Crippen LogP) is 3.24. The summed E-state index contributed by atoms with van der Waals surface area (Å²) in [5, 5.41) is 4.76. The van der Waals surface area contributed by atoms with Gasteiger partial charge in [0, 0.05) is 48.9 Å². The molecule has 2 aromatic rings. The Labute approximate surface area is 135 Å². The van der Waals surface area contributed by atoms with Crippen molar-refractivity contribution in [3.05, 3.63) is 35.5 Å². The number of amides is 1. The Morgan fingerprint density at radius 3 is 3.14 bits per heavy atom. The van der Waals surface area contributed by atoms with E-state index in [-0.39, 0.29) is 5.91 Å². The van der Waals surface area contributed by atoms with Crippen LogP contribution in [0.1, 0.15) is 19.8 Å². The lowest BCUT2D eigenvalue weighted by Crippen LogP contribution is -2.40. The maximum Gasteiger partial charge on any atom is 0.216 e. The van der Waals surface area contributed by atoms with E-state index in [9.17, 15) is 4.79 Å². The monoisotopic (exact) mass is 317 g/mol. The first-order chi connectivity index (χ1) is 10.6. The highest BCUT2D eigenvalue weighted by atomic mass is 35.5. The van der Waals surface area contributed by atoms with E-state index in [1.54, 1.807) is 6.92 Å². The molecule has 1 aliphatic rings. The van der Waals surface area contributed by atoms with Gasteiger partial charge in [0.25, 0.3) is 0 Å². The summed E-state index contributed by atoms with van der Waals surface area (Å²) < 4.78 is 0. The lowest BCUT2D eigenvalue weighted by Gasteiger charge is -2.35. The molecule has 5 heteroatoms. The van der Waals surface area contributed by atoms with E-state index in [1.807, 2.05) is 24.4 Å². The van der Waals surface area contributed by atoms with Crippen LogP contribution < -0.4 is 10.2 Å². The molecule has 0 radical (unpaired) electrons. The Kier molecular flexibility index (Phi) is 4.48. The van der Waals surface area contributed by atoms with E-state index in [0.29, 0.717) is 5.92 Å². The van der Waals surface area contributed by atoms with Gasteiger partial charge in [-0.15, -0.1) is 0 Å². The lowest BCUT2D eigenvalue weighted by molar-refractivity contribution is -0.119. The van der Waals surface area contributed by atoms with Gasteiger partial charge in [0.15, 0.2) is 0 Å². The average molecular weight is 318 g/mol. The van der Waals surface area contributed by atoms with Crippen molar-refractivity contribution < 1.29 is 4.79 Å². The molecule has 3 rings (SSSR count). The van der Waals surface area contributed by atoms with Crippen LogP contribution in [0.4, 0.5) is 5.69 Å². The summed E-state index contributed by atoms with van der Waals surface area (Å²) in [6.45, 7) is 4.29. The first kappa shape index (κ1) is 15.1. The second kappa shape index (κ2) is 6.53. The molecule has 1 atom stereocenters. The predicted molar refractivity (Wildman–Crippen MR) is 90.4 cm³/mol. The first-order valence-electron chi connectivity index (χ1n) is 7.67. The van der Waals surface area contributed by atoms with Crippen molar-refractivity contribution in [2.45, 2.75) is 19.8 Å². The molecule has 22 heavy (non-hydrogen) atoms. The summed E-state index contributed by atoms with van der Waals surface area (Å²) in [6.07, 6.45) is 4.14. The van der Waals surface area contributed by atoms with E-state index in [0.717, 1.165) is 48.4 Å².